The van der Waals surface area contributed by atoms with Crippen LogP contribution in [0, 0.1) is 48.7 Å². The van der Waals surface area contributed by atoms with Gasteiger partial charge in [0.05, 0.1) is 31.0 Å². The van der Waals surface area contributed by atoms with Crippen molar-refractivity contribution >= 4 is 36.9 Å². The number of rotatable bonds is 0. The maximum atomic E-state index is 4.94. The predicted octanol–water partition coefficient (Wildman–Crippen LogP) is 35.8. The summed E-state index contributed by atoms with van der Waals surface area (Å²) in [5.41, 5.74) is 6.54. The van der Waals surface area contributed by atoms with Gasteiger partial charge in [0.1, 0.15) is 12.7 Å². The van der Waals surface area contributed by atoms with E-state index >= 15 is 0 Å². The van der Waals surface area contributed by atoms with Gasteiger partial charge in [0.15, 0.2) is 0 Å². The van der Waals surface area contributed by atoms with Gasteiger partial charge < -0.3 is 4.74 Å². The lowest BCUT2D eigenvalue weighted by molar-refractivity contribution is 0.198. The zero-order chi connectivity index (χ0) is 101. The first-order valence-corrected chi connectivity index (χ1v) is 46.2. The van der Waals surface area contributed by atoms with E-state index in [1.165, 1.54) is 24.9 Å². The first kappa shape index (κ1) is 159. The molecule has 0 aliphatic carbocycles. The molecule has 0 amide bonds. The maximum absolute atomic E-state index is 4.94. The lowest BCUT2D eigenvalue weighted by Gasteiger charge is -2.16. The Morgan fingerprint density at radius 2 is 0.680 bits per heavy atom. The Labute approximate surface area is 768 Å². The standard InChI is InChI=1S/C8H12N2.C7H12N2.C5H5N.8C5H12.2C4H4N2.2C4H5N.C4H8O.2C3H4N2.10C2H6/c1-8(2,3)7-6-9-4-5-10-7;1-7(2,3)6-4-5-8-9-6;1-2-4-6-5-3-1;8*1-5(2,3)4;1-2-5-4-6-3-1;1-2-4-6-5-3-1;3*1-2-4-5-3-1;1-2-5-3-4-1;1-2-4-5-3-1;10*1-2/h4-6H,1-3H3;5H,4H2,1-3H3;1-5H;8*1-4H3;2*1-4H;1,3-4H,2H2;1-3H,4H2;1-4H2;1,3H,2H2;1-2H,3H2;10*1-2H3. The number of aliphatic imine (C=N–C) groups is 4. The van der Waals surface area contributed by atoms with Crippen molar-refractivity contribution in [3.8, 4) is 0 Å². The van der Waals surface area contributed by atoms with Crippen molar-refractivity contribution in [3.05, 3.63) is 141 Å². The Balaban J connectivity index is -0.0000000582. The molecule has 10 heterocycles. The average molecular weight is 1720 g/mol. The van der Waals surface area contributed by atoms with Gasteiger partial charge in [-0.15, -0.1) is 0 Å². The highest BCUT2D eigenvalue weighted by Crippen LogP contribution is 2.20. The molecule has 16 nitrogen and oxygen atoms in total. The number of allylic oxidation sites excluding steroid dienone is 2. The molecule has 0 aromatic carbocycles. The number of pyridine rings is 1. The highest BCUT2D eigenvalue weighted by Gasteiger charge is 2.20. The Kier molecular flexibility index (Phi) is 154. The minimum absolute atomic E-state index is 0.119. The van der Waals surface area contributed by atoms with Crippen molar-refractivity contribution in [2.45, 2.75) is 433 Å². The molecule has 6 aliphatic rings. The van der Waals surface area contributed by atoms with Gasteiger partial charge in [-0.2, -0.15) is 30.6 Å². The number of hydrogen-bond donors (Lipinski definition) is 0. The van der Waals surface area contributed by atoms with Gasteiger partial charge in [0.2, 0.25) is 0 Å². The molecule has 1 fully saturated rings. The zero-order valence-corrected chi connectivity index (χ0v) is 93.1. The Hall–Kier alpha value is -6.81. The van der Waals surface area contributed by atoms with E-state index in [4.69, 9.17) is 4.74 Å². The van der Waals surface area contributed by atoms with E-state index in [1.807, 2.05) is 206 Å². The van der Waals surface area contributed by atoms with Crippen molar-refractivity contribution in [1.82, 2.24) is 35.1 Å². The van der Waals surface area contributed by atoms with Gasteiger partial charge in [0, 0.05) is 130 Å². The van der Waals surface area contributed by atoms with Crippen LogP contribution < -0.4 is 0 Å². The van der Waals surface area contributed by atoms with Crippen molar-refractivity contribution < 1.29 is 4.74 Å². The van der Waals surface area contributed by atoms with Crippen molar-refractivity contribution in [2.75, 3.05) is 32.8 Å². The second-order valence-electron chi connectivity index (χ2n) is 38.3. The molecule has 10 rings (SSSR count). The molecule has 0 saturated carbocycles. The van der Waals surface area contributed by atoms with Gasteiger partial charge in [0.25, 0.3) is 0 Å². The van der Waals surface area contributed by atoms with Gasteiger partial charge in [-0.3, -0.25) is 29.9 Å². The SMILES string of the molecule is C1=CCN=C1.C1=CN=CC1.C1=CN=NC1.C1=NC=NC1.C1CCOC1.CC.CC.CC.CC.CC.CC.CC.CC.CC.CC.CC(C)(C)C.CC(C)(C)C.CC(C)(C)C.CC(C)(C)C.CC(C)(C)C.CC(C)(C)C.CC(C)(C)C.CC(C)(C)C.CC(C)(C)C1=NN=CC1.CC(C)(C)c1cnccn1.c1ccncc1.c1ccnnc1.c1cncnc1. The largest absolute Gasteiger partial charge is 0.381 e. The van der Waals surface area contributed by atoms with Crippen LogP contribution in [-0.4, -0.2) is 105 Å². The fourth-order valence-electron chi connectivity index (χ4n) is 3.83. The molecular weight excluding hydrogens is 1500 g/mol. The van der Waals surface area contributed by atoms with Crippen LogP contribution in [0.3, 0.4) is 0 Å². The smallest absolute Gasteiger partial charge is 0.115 e. The molecule has 6 aliphatic heterocycles. The van der Waals surface area contributed by atoms with Crippen LogP contribution in [0.15, 0.2) is 176 Å². The van der Waals surface area contributed by atoms with Gasteiger partial charge in [-0.1, -0.05) is 420 Å². The Morgan fingerprint density at radius 1 is 0.311 bits per heavy atom. The molecule has 0 spiro atoms. The molecule has 0 atom stereocenters. The van der Waals surface area contributed by atoms with Crippen molar-refractivity contribution in [1.29, 1.82) is 0 Å². The third kappa shape index (κ3) is 357. The van der Waals surface area contributed by atoms with Crippen LogP contribution in [-0.2, 0) is 10.2 Å². The molecule has 0 N–H and O–H groups in total. The fraction of sp³-hybridized carbons (Fsp3) is 0.726. The third-order valence-electron chi connectivity index (χ3n) is 7.06. The van der Waals surface area contributed by atoms with E-state index in [0.717, 1.165) is 51.4 Å². The van der Waals surface area contributed by atoms with Crippen molar-refractivity contribution in [3.63, 3.8) is 0 Å². The molecule has 4 aromatic rings. The van der Waals surface area contributed by atoms with Crippen LogP contribution in [0.5, 0.6) is 0 Å². The molecule has 724 valence electrons. The molecule has 0 bridgehead atoms. The Morgan fingerprint density at radius 3 is 0.787 bits per heavy atom. The number of ether oxygens (including phenoxy) is 1. The molecule has 0 unspecified atom stereocenters. The van der Waals surface area contributed by atoms with E-state index in [9.17, 15) is 0 Å². The number of aromatic nitrogens is 7. The van der Waals surface area contributed by atoms with Crippen LogP contribution in [0.2, 0.25) is 0 Å². The van der Waals surface area contributed by atoms with E-state index in [2.05, 4.69) is 339 Å². The summed E-state index contributed by atoms with van der Waals surface area (Å²) in [7, 11) is 0. The summed E-state index contributed by atoms with van der Waals surface area (Å²) in [4.78, 5) is 34.3. The molecule has 1 saturated heterocycles. The van der Waals surface area contributed by atoms with E-state index in [1.54, 1.807) is 93.0 Å². The first-order chi connectivity index (χ1) is 56.2. The fourth-order valence-corrected chi connectivity index (χ4v) is 3.83. The monoisotopic (exact) mass is 1720 g/mol. The quantitative estimate of drug-likeness (QED) is 0.166. The normalized spacial score (nSPS) is 11.8. The maximum Gasteiger partial charge on any atom is 0.115 e. The summed E-state index contributed by atoms with van der Waals surface area (Å²) in [6.07, 6.45) is 41.6. The molecule has 16 heteroatoms. The molecule has 4 aromatic heterocycles. The number of azo groups is 1. The van der Waals surface area contributed by atoms with Crippen LogP contribution in [0.1, 0.15) is 433 Å². The summed E-state index contributed by atoms with van der Waals surface area (Å²) < 4.78 is 4.94. The third-order valence-corrected chi connectivity index (χ3v) is 7.06. The summed E-state index contributed by atoms with van der Waals surface area (Å²) in [5.74, 6) is 0. The average Bonchev–Trinajstić information content (AvgIpc) is 1.60. The second-order valence-corrected chi connectivity index (χ2v) is 38.3. The second kappa shape index (κ2) is 118. The highest BCUT2D eigenvalue weighted by molar-refractivity contribution is 6.01. The Bertz CT molecular complexity index is 2200. The minimum atomic E-state index is 0.119. The summed E-state index contributed by atoms with van der Waals surface area (Å²) in [5, 5.41) is 22.0. The summed E-state index contributed by atoms with van der Waals surface area (Å²) in [6, 6.07) is 11.1. The first-order valence-electron chi connectivity index (χ1n) is 46.2. The summed E-state index contributed by atoms with van der Waals surface area (Å²) >= 11 is 0. The van der Waals surface area contributed by atoms with Gasteiger partial charge >= 0.3 is 0 Å². The van der Waals surface area contributed by atoms with E-state index in [-0.39, 0.29) is 10.8 Å². The zero-order valence-electron chi connectivity index (χ0n) is 93.1. The highest BCUT2D eigenvalue weighted by atomic mass is 16.5. The summed E-state index contributed by atoms with van der Waals surface area (Å²) in [6.45, 7) is 127. The lowest BCUT2D eigenvalue weighted by atomic mass is 9.89. The van der Waals surface area contributed by atoms with Crippen LogP contribution in [0.4, 0.5) is 0 Å². The minimum Gasteiger partial charge on any atom is -0.381 e. The topological polar surface area (TPSA) is 198 Å². The van der Waals surface area contributed by atoms with Crippen LogP contribution >= 0.6 is 0 Å². The lowest BCUT2D eigenvalue weighted by Crippen LogP contribution is -2.18. The van der Waals surface area contributed by atoms with Gasteiger partial charge in [-0.25, -0.2) is 15.0 Å². The molecular formula is C106H219N15O. The number of hydrogen-bond acceptors (Lipinski definition) is 16. The molecule has 122 heavy (non-hydrogen) atoms. The molecule has 0 radical (unpaired) electrons. The van der Waals surface area contributed by atoms with E-state index in [0.29, 0.717) is 43.3 Å². The predicted molar refractivity (Wildman–Crippen MR) is 569 cm³/mol. The van der Waals surface area contributed by atoms with E-state index < -0.39 is 0 Å². The van der Waals surface area contributed by atoms with Crippen molar-refractivity contribution in [2.24, 2.45) is 89.1 Å². The number of nitrogens with zero attached hydrogens (tertiary/aromatic N) is 15. The van der Waals surface area contributed by atoms with Crippen LogP contribution in [0.25, 0.3) is 0 Å². The van der Waals surface area contributed by atoms with Gasteiger partial charge in [-0.05, 0) is 98.6 Å².